The fourth-order valence-electron chi connectivity index (χ4n) is 1.74. The van der Waals surface area contributed by atoms with Crippen LogP contribution in [-0.2, 0) is 6.54 Å². The lowest BCUT2D eigenvalue weighted by atomic mass is 9.90. The number of pyridine rings is 1. The summed E-state index contributed by atoms with van der Waals surface area (Å²) in [5.41, 5.74) is 0.320. The number of aryl methyl sites for hydroxylation is 1. The summed E-state index contributed by atoms with van der Waals surface area (Å²) in [6.07, 6.45) is 2.23. The Labute approximate surface area is 118 Å². The molecule has 0 aliphatic rings. The van der Waals surface area contributed by atoms with Gasteiger partial charge in [-0.25, -0.2) is 4.79 Å². The van der Waals surface area contributed by atoms with Crippen LogP contribution in [-0.4, -0.2) is 28.9 Å². The van der Waals surface area contributed by atoms with E-state index in [2.05, 4.69) is 10.6 Å². The molecule has 3 N–H and O–H groups in total. The second-order valence-electron chi connectivity index (χ2n) is 5.49. The zero-order valence-electron chi connectivity index (χ0n) is 12.3. The molecule has 0 bridgehead atoms. The molecule has 1 rings (SSSR count). The number of urea groups is 1. The van der Waals surface area contributed by atoms with Crippen LogP contribution in [0.3, 0.4) is 0 Å². The van der Waals surface area contributed by atoms with Gasteiger partial charge in [-0.1, -0.05) is 13.8 Å². The van der Waals surface area contributed by atoms with E-state index in [4.69, 9.17) is 5.11 Å². The number of anilines is 1. The van der Waals surface area contributed by atoms with Crippen molar-refractivity contribution in [3.8, 4) is 0 Å². The second kappa shape index (κ2) is 7.09. The molecule has 112 valence electrons. The number of aliphatic hydroxyl groups is 1. The Morgan fingerprint density at radius 1 is 1.40 bits per heavy atom. The number of aliphatic hydroxyl groups excluding tert-OH is 1. The topological polar surface area (TPSA) is 83.4 Å². The lowest BCUT2D eigenvalue weighted by Crippen LogP contribution is -2.37. The average Bonchev–Trinajstić information content (AvgIpc) is 2.39. The predicted octanol–water partition coefficient (Wildman–Crippen LogP) is 1.40. The van der Waals surface area contributed by atoms with Crippen LogP contribution in [0.4, 0.5) is 10.5 Å². The summed E-state index contributed by atoms with van der Waals surface area (Å²) >= 11 is 0. The van der Waals surface area contributed by atoms with Gasteiger partial charge in [-0.15, -0.1) is 0 Å². The van der Waals surface area contributed by atoms with E-state index in [1.807, 2.05) is 20.8 Å². The van der Waals surface area contributed by atoms with Gasteiger partial charge in [0.1, 0.15) is 0 Å². The Balaban J connectivity index is 2.56. The third-order valence-electron chi connectivity index (χ3n) is 3.10. The molecule has 0 atom stereocenters. The van der Waals surface area contributed by atoms with Crippen molar-refractivity contribution >= 4 is 11.7 Å². The molecule has 0 unspecified atom stereocenters. The van der Waals surface area contributed by atoms with Crippen LogP contribution in [0, 0.1) is 5.41 Å². The Morgan fingerprint density at radius 3 is 2.70 bits per heavy atom. The summed E-state index contributed by atoms with van der Waals surface area (Å²) < 4.78 is 1.52. The largest absolute Gasteiger partial charge is 0.396 e. The number of amides is 2. The fourth-order valence-corrected chi connectivity index (χ4v) is 1.74. The van der Waals surface area contributed by atoms with E-state index >= 15 is 0 Å². The van der Waals surface area contributed by atoms with Crippen LogP contribution in [0.5, 0.6) is 0 Å². The number of aromatic nitrogens is 1. The third-order valence-corrected chi connectivity index (χ3v) is 3.10. The highest BCUT2D eigenvalue weighted by Gasteiger charge is 2.18. The molecule has 1 aromatic rings. The van der Waals surface area contributed by atoms with Crippen molar-refractivity contribution in [2.45, 2.75) is 33.7 Å². The first-order chi connectivity index (χ1) is 9.38. The van der Waals surface area contributed by atoms with E-state index in [1.165, 1.54) is 10.6 Å². The first-order valence-electron chi connectivity index (χ1n) is 6.74. The number of nitrogens with zero attached hydrogens (tertiary/aromatic N) is 1. The molecule has 6 nitrogen and oxygen atoms in total. The number of hydrogen-bond acceptors (Lipinski definition) is 3. The Morgan fingerprint density at radius 2 is 2.10 bits per heavy atom. The maximum absolute atomic E-state index is 11.8. The zero-order chi connectivity index (χ0) is 15.2. The highest BCUT2D eigenvalue weighted by atomic mass is 16.3. The van der Waals surface area contributed by atoms with Crippen LogP contribution in [0.2, 0.25) is 0 Å². The number of hydrogen-bond donors (Lipinski definition) is 3. The summed E-state index contributed by atoms with van der Waals surface area (Å²) in [6, 6.07) is 2.68. The molecule has 0 saturated carbocycles. The van der Waals surface area contributed by atoms with Crippen molar-refractivity contribution < 1.29 is 9.90 Å². The summed E-state index contributed by atoms with van der Waals surface area (Å²) in [5.74, 6) is 0. The lowest BCUT2D eigenvalue weighted by molar-refractivity contribution is 0.204. The second-order valence-corrected chi connectivity index (χ2v) is 5.49. The maximum Gasteiger partial charge on any atom is 0.319 e. The first kappa shape index (κ1) is 16.2. The average molecular weight is 281 g/mol. The molecule has 0 fully saturated rings. The lowest BCUT2D eigenvalue weighted by Gasteiger charge is -2.23. The summed E-state index contributed by atoms with van der Waals surface area (Å²) in [4.78, 5) is 23.2. The van der Waals surface area contributed by atoms with Crippen LogP contribution < -0.4 is 16.2 Å². The van der Waals surface area contributed by atoms with E-state index in [0.717, 1.165) is 0 Å². The van der Waals surface area contributed by atoms with Crippen molar-refractivity contribution in [3.63, 3.8) is 0 Å². The van der Waals surface area contributed by atoms with E-state index in [0.29, 0.717) is 25.2 Å². The van der Waals surface area contributed by atoms with Gasteiger partial charge in [0.2, 0.25) is 0 Å². The zero-order valence-corrected chi connectivity index (χ0v) is 12.3. The van der Waals surface area contributed by atoms with Gasteiger partial charge in [0.05, 0.1) is 5.69 Å². The molecule has 6 heteroatoms. The van der Waals surface area contributed by atoms with Crippen LogP contribution >= 0.6 is 0 Å². The first-order valence-corrected chi connectivity index (χ1v) is 6.74. The predicted molar refractivity (Wildman–Crippen MR) is 78.9 cm³/mol. The van der Waals surface area contributed by atoms with Gasteiger partial charge in [-0.2, -0.15) is 0 Å². The van der Waals surface area contributed by atoms with E-state index in [9.17, 15) is 9.59 Å². The minimum absolute atomic E-state index is 0.0949. The van der Waals surface area contributed by atoms with E-state index in [1.54, 1.807) is 12.3 Å². The minimum atomic E-state index is -0.322. The van der Waals surface area contributed by atoms with Gasteiger partial charge in [0, 0.05) is 32.0 Å². The van der Waals surface area contributed by atoms with Gasteiger partial charge in [-0.3, -0.25) is 4.79 Å². The van der Waals surface area contributed by atoms with E-state index < -0.39 is 0 Å². The molecule has 1 heterocycles. The van der Waals surface area contributed by atoms with Crippen LogP contribution in [0.15, 0.2) is 23.1 Å². The minimum Gasteiger partial charge on any atom is -0.396 e. The molecule has 0 aliphatic heterocycles. The summed E-state index contributed by atoms with van der Waals surface area (Å²) in [6.45, 7) is 6.92. The van der Waals surface area contributed by atoms with Gasteiger partial charge in [-0.05, 0) is 24.8 Å². The van der Waals surface area contributed by atoms with E-state index in [-0.39, 0.29) is 23.6 Å². The van der Waals surface area contributed by atoms with Gasteiger partial charge >= 0.3 is 6.03 Å². The quantitative estimate of drug-likeness (QED) is 0.737. The molecule has 0 radical (unpaired) electrons. The highest BCUT2D eigenvalue weighted by Crippen LogP contribution is 2.17. The SMILES string of the molecule is CCn1cc(NC(=O)NCC(C)(C)CCO)ccc1=O. The number of carbonyl (C=O) groups excluding carboxylic acids is 1. The smallest absolute Gasteiger partial charge is 0.319 e. The van der Waals surface area contributed by atoms with Gasteiger partial charge < -0.3 is 20.3 Å². The fraction of sp³-hybridized carbons (Fsp3) is 0.571. The highest BCUT2D eigenvalue weighted by molar-refractivity contribution is 5.88. The van der Waals surface area contributed by atoms with Crippen molar-refractivity contribution in [2.75, 3.05) is 18.5 Å². The molecule has 1 aromatic heterocycles. The van der Waals surface area contributed by atoms with Crippen molar-refractivity contribution in [1.82, 2.24) is 9.88 Å². The van der Waals surface area contributed by atoms with Crippen molar-refractivity contribution in [1.29, 1.82) is 0 Å². The molecular formula is C14H23N3O3. The Bertz CT molecular complexity index is 509. The molecule has 2 amide bonds. The molecule has 0 saturated heterocycles. The van der Waals surface area contributed by atoms with Gasteiger partial charge in [0.25, 0.3) is 5.56 Å². The molecule has 0 aliphatic carbocycles. The van der Waals surface area contributed by atoms with Crippen LogP contribution in [0.1, 0.15) is 27.2 Å². The Hall–Kier alpha value is -1.82. The van der Waals surface area contributed by atoms with Gasteiger partial charge in [0.15, 0.2) is 0 Å². The summed E-state index contributed by atoms with van der Waals surface area (Å²) in [7, 11) is 0. The van der Waals surface area contributed by atoms with Crippen molar-refractivity contribution in [3.05, 3.63) is 28.7 Å². The number of rotatable bonds is 6. The third kappa shape index (κ3) is 5.05. The molecular weight excluding hydrogens is 258 g/mol. The molecule has 0 aromatic carbocycles. The maximum atomic E-state index is 11.8. The van der Waals surface area contributed by atoms with Crippen LogP contribution in [0.25, 0.3) is 0 Å². The molecule has 0 spiro atoms. The number of nitrogens with one attached hydrogen (secondary N) is 2. The summed E-state index contributed by atoms with van der Waals surface area (Å²) in [5, 5.41) is 14.4. The molecule has 20 heavy (non-hydrogen) atoms. The normalized spacial score (nSPS) is 11.2. The van der Waals surface area contributed by atoms with Crippen molar-refractivity contribution in [2.24, 2.45) is 5.41 Å². The Kier molecular flexibility index (Phi) is 5.76. The monoisotopic (exact) mass is 281 g/mol. The number of carbonyl (C=O) groups is 1. The standard InChI is InChI=1S/C14H23N3O3/c1-4-17-9-11(5-6-12(17)19)16-13(20)15-10-14(2,3)7-8-18/h5-6,9,18H,4,7-8,10H2,1-3H3,(H2,15,16,20).